The molecule has 0 aromatic carbocycles. The summed E-state index contributed by atoms with van der Waals surface area (Å²) in [5.41, 5.74) is -0.277. The molecule has 1 aromatic rings. The molecule has 2 rings (SSSR count). The zero-order valence-corrected chi connectivity index (χ0v) is 13.6. The maximum atomic E-state index is 12.0. The first-order valence-electron chi connectivity index (χ1n) is 6.96. The number of carbonyl (C=O) groups is 1. The Morgan fingerprint density at radius 2 is 1.95 bits per heavy atom. The van der Waals surface area contributed by atoms with Crippen molar-refractivity contribution in [3.05, 3.63) is 17.0 Å². The molecule has 118 valence electrons. The van der Waals surface area contributed by atoms with Gasteiger partial charge in [0.2, 0.25) is 5.28 Å². The van der Waals surface area contributed by atoms with Crippen molar-refractivity contribution >= 4 is 23.5 Å². The third kappa shape index (κ3) is 4.21. The molecule has 7 nitrogen and oxygen atoms in total. The second-order valence-corrected chi connectivity index (χ2v) is 6.28. The van der Waals surface area contributed by atoms with E-state index in [1.807, 2.05) is 31.7 Å². The van der Waals surface area contributed by atoms with Crippen LogP contribution in [0.5, 0.6) is 0 Å². The van der Waals surface area contributed by atoms with E-state index in [1.54, 1.807) is 11.0 Å². The molecule has 0 aliphatic carbocycles. The molecule has 0 N–H and O–H groups in total. The molecule has 1 saturated heterocycles. The van der Waals surface area contributed by atoms with E-state index in [9.17, 15) is 4.79 Å². The molecule has 1 aliphatic heterocycles. The smallest absolute Gasteiger partial charge is 0.410 e. The summed E-state index contributed by atoms with van der Waals surface area (Å²) in [5.74, 6) is 0.598. The van der Waals surface area contributed by atoms with Gasteiger partial charge in [0.25, 0.3) is 0 Å². The van der Waals surface area contributed by atoms with Crippen molar-refractivity contribution in [3.8, 4) is 6.07 Å². The molecule has 0 saturated carbocycles. The van der Waals surface area contributed by atoms with Gasteiger partial charge in [-0.25, -0.2) is 14.8 Å². The molecule has 0 atom stereocenters. The molecule has 2 heterocycles. The highest BCUT2D eigenvalue weighted by Gasteiger charge is 2.26. The van der Waals surface area contributed by atoms with Gasteiger partial charge in [-0.2, -0.15) is 5.26 Å². The summed E-state index contributed by atoms with van der Waals surface area (Å²) < 4.78 is 5.35. The number of piperazine rings is 1. The van der Waals surface area contributed by atoms with Crippen LogP contribution in [0.15, 0.2) is 6.07 Å². The molecule has 1 aromatic heterocycles. The molecule has 0 radical (unpaired) electrons. The van der Waals surface area contributed by atoms with Crippen LogP contribution in [-0.2, 0) is 4.74 Å². The Balaban J connectivity index is 1.99. The maximum absolute atomic E-state index is 12.0. The predicted octanol–water partition coefficient (Wildman–Crippen LogP) is 2.06. The fourth-order valence-corrected chi connectivity index (χ4v) is 2.25. The lowest BCUT2D eigenvalue weighted by Gasteiger charge is -2.36. The fourth-order valence-electron chi connectivity index (χ4n) is 2.07. The van der Waals surface area contributed by atoms with Gasteiger partial charge in [-0.1, -0.05) is 0 Å². The number of nitrogens with zero attached hydrogens (tertiary/aromatic N) is 5. The molecule has 1 fully saturated rings. The average Bonchev–Trinajstić information content (AvgIpc) is 2.45. The number of amides is 1. The minimum Gasteiger partial charge on any atom is -0.444 e. The molecule has 0 spiro atoms. The monoisotopic (exact) mass is 323 g/mol. The maximum Gasteiger partial charge on any atom is 0.410 e. The zero-order valence-electron chi connectivity index (χ0n) is 12.8. The van der Waals surface area contributed by atoms with Crippen molar-refractivity contribution in [3.63, 3.8) is 0 Å². The van der Waals surface area contributed by atoms with Crippen LogP contribution in [0, 0.1) is 11.3 Å². The van der Waals surface area contributed by atoms with Gasteiger partial charge in [-0.3, -0.25) is 0 Å². The van der Waals surface area contributed by atoms with Gasteiger partial charge in [0, 0.05) is 32.2 Å². The van der Waals surface area contributed by atoms with Crippen molar-refractivity contribution in [2.45, 2.75) is 26.4 Å². The Hall–Kier alpha value is -2.07. The summed E-state index contributed by atoms with van der Waals surface area (Å²) in [6.07, 6.45) is -0.314. The molecule has 1 aliphatic rings. The van der Waals surface area contributed by atoms with Gasteiger partial charge in [-0.15, -0.1) is 0 Å². The summed E-state index contributed by atoms with van der Waals surface area (Å²) in [4.78, 5) is 23.6. The first-order valence-corrected chi connectivity index (χ1v) is 7.34. The number of nitriles is 1. The van der Waals surface area contributed by atoms with Gasteiger partial charge < -0.3 is 14.5 Å². The van der Waals surface area contributed by atoms with Crippen LogP contribution in [0.25, 0.3) is 0 Å². The first-order chi connectivity index (χ1) is 10.3. The molecule has 0 unspecified atom stereocenters. The second kappa shape index (κ2) is 6.36. The van der Waals surface area contributed by atoms with E-state index in [0.29, 0.717) is 32.0 Å². The van der Waals surface area contributed by atoms with E-state index >= 15 is 0 Å². The van der Waals surface area contributed by atoms with Crippen molar-refractivity contribution < 1.29 is 9.53 Å². The molecule has 8 heteroatoms. The van der Waals surface area contributed by atoms with Gasteiger partial charge >= 0.3 is 6.09 Å². The van der Waals surface area contributed by atoms with Gasteiger partial charge in [-0.05, 0) is 32.4 Å². The Morgan fingerprint density at radius 3 is 2.50 bits per heavy atom. The SMILES string of the molecule is CC(C)(C)OC(=O)N1CCN(c2cc(C#N)nc(Cl)n2)CC1. The minimum atomic E-state index is -0.504. The number of carbonyl (C=O) groups excluding carboxylic acids is 1. The van der Waals surface area contributed by atoms with Crippen LogP contribution in [0.1, 0.15) is 26.5 Å². The lowest BCUT2D eigenvalue weighted by atomic mass is 10.2. The molecule has 22 heavy (non-hydrogen) atoms. The average molecular weight is 324 g/mol. The molecule has 1 amide bonds. The second-order valence-electron chi connectivity index (χ2n) is 5.95. The topological polar surface area (TPSA) is 82.4 Å². The van der Waals surface area contributed by atoms with E-state index < -0.39 is 5.60 Å². The van der Waals surface area contributed by atoms with E-state index in [4.69, 9.17) is 21.6 Å². The highest BCUT2D eigenvalue weighted by Crippen LogP contribution is 2.18. The van der Waals surface area contributed by atoms with Crippen LogP contribution in [0.2, 0.25) is 5.28 Å². The van der Waals surface area contributed by atoms with Crippen molar-refractivity contribution in [1.82, 2.24) is 14.9 Å². The highest BCUT2D eigenvalue weighted by molar-refractivity contribution is 6.28. The van der Waals surface area contributed by atoms with E-state index in [-0.39, 0.29) is 17.1 Å². The Labute approximate surface area is 134 Å². The predicted molar refractivity (Wildman–Crippen MR) is 81.8 cm³/mol. The van der Waals surface area contributed by atoms with E-state index in [0.717, 1.165) is 0 Å². The Morgan fingerprint density at radius 1 is 1.32 bits per heavy atom. The van der Waals surface area contributed by atoms with Crippen molar-refractivity contribution in [2.24, 2.45) is 0 Å². The first kappa shape index (κ1) is 16.3. The van der Waals surface area contributed by atoms with Crippen molar-refractivity contribution in [2.75, 3.05) is 31.1 Å². The third-order valence-electron chi connectivity index (χ3n) is 3.06. The lowest BCUT2D eigenvalue weighted by molar-refractivity contribution is 0.0240. The third-order valence-corrected chi connectivity index (χ3v) is 3.22. The number of ether oxygens (including phenoxy) is 1. The number of halogens is 1. The van der Waals surface area contributed by atoms with E-state index in [2.05, 4.69) is 9.97 Å². The lowest BCUT2D eigenvalue weighted by Crippen LogP contribution is -2.50. The number of hydrogen-bond acceptors (Lipinski definition) is 6. The summed E-state index contributed by atoms with van der Waals surface area (Å²) in [5, 5.41) is 8.97. The van der Waals surface area contributed by atoms with Gasteiger partial charge in [0.1, 0.15) is 23.2 Å². The Bertz CT molecular complexity index is 600. The van der Waals surface area contributed by atoms with Gasteiger partial charge in [0.05, 0.1) is 0 Å². The minimum absolute atomic E-state index is 0.0450. The fraction of sp³-hybridized carbons (Fsp3) is 0.571. The van der Waals surface area contributed by atoms with Crippen LogP contribution in [0.3, 0.4) is 0 Å². The number of anilines is 1. The van der Waals surface area contributed by atoms with E-state index in [1.165, 1.54) is 0 Å². The standard InChI is InChI=1S/C14H18ClN5O2/c1-14(2,3)22-13(21)20-6-4-19(5-7-20)11-8-10(9-16)17-12(15)18-11/h8H,4-7H2,1-3H3. The van der Waals surface area contributed by atoms with Crippen LogP contribution in [-0.4, -0.2) is 52.7 Å². The van der Waals surface area contributed by atoms with Crippen LogP contribution < -0.4 is 4.90 Å². The van der Waals surface area contributed by atoms with Gasteiger partial charge in [0.15, 0.2) is 0 Å². The zero-order chi connectivity index (χ0) is 16.3. The highest BCUT2D eigenvalue weighted by atomic mass is 35.5. The van der Waals surface area contributed by atoms with Crippen molar-refractivity contribution in [1.29, 1.82) is 5.26 Å². The number of aromatic nitrogens is 2. The normalized spacial score (nSPS) is 15.4. The Kier molecular flexibility index (Phi) is 4.71. The summed E-state index contributed by atoms with van der Waals surface area (Å²) in [7, 11) is 0. The summed E-state index contributed by atoms with van der Waals surface area (Å²) >= 11 is 5.82. The molecular weight excluding hydrogens is 306 g/mol. The van der Waals surface area contributed by atoms with Crippen LogP contribution >= 0.6 is 11.6 Å². The summed E-state index contributed by atoms with van der Waals surface area (Å²) in [6.45, 7) is 7.76. The molecular formula is C14H18ClN5O2. The quantitative estimate of drug-likeness (QED) is 0.736. The number of rotatable bonds is 1. The largest absolute Gasteiger partial charge is 0.444 e. The summed E-state index contributed by atoms with van der Waals surface area (Å²) in [6, 6.07) is 3.55. The van der Waals surface area contributed by atoms with Crippen LogP contribution in [0.4, 0.5) is 10.6 Å². The molecule has 0 bridgehead atoms. The number of hydrogen-bond donors (Lipinski definition) is 0.